The van der Waals surface area contributed by atoms with Gasteiger partial charge in [0.2, 0.25) is 12.4 Å². The number of aromatic nitrogens is 1. The third-order valence-electron chi connectivity index (χ3n) is 5.36. The van der Waals surface area contributed by atoms with Gasteiger partial charge in [-0.3, -0.25) is 0 Å². The molecular formula is C26H44NO2+. The van der Waals surface area contributed by atoms with Crippen molar-refractivity contribution in [2.45, 2.75) is 116 Å². The summed E-state index contributed by atoms with van der Waals surface area (Å²) in [6.07, 6.45) is 30.0. The number of pyridine rings is 1. The smallest absolute Gasteiger partial charge is 0.239 e. The van der Waals surface area contributed by atoms with E-state index in [9.17, 15) is 4.79 Å². The van der Waals surface area contributed by atoms with Crippen LogP contribution in [0.15, 0.2) is 42.7 Å². The molecule has 1 heterocycles. The fraction of sp³-hybridized carbons (Fsp3) is 0.692. The molecule has 1 aromatic rings. The van der Waals surface area contributed by atoms with E-state index in [1.807, 2.05) is 24.3 Å². The Hall–Kier alpha value is -1.64. The lowest BCUT2D eigenvalue weighted by molar-refractivity contribution is -0.868. The standard InChI is InChI=1S/C26H44NO2/c1-2-3-4-5-6-7-8-9-10-11-12-13-14-15-16-17-18-20-23-26(28)29-27-24-21-19-22-25-27/h19-25H,2-18H2,1H3/q+1. The van der Waals surface area contributed by atoms with Crippen molar-refractivity contribution in [1.82, 2.24) is 0 Å². The summed E-state index contributed by atoms with van der Waals surface area (Å²) in [6.45, 7) is 2.28. The van der Waals surface area contributed by atoms with Crippen molar-refractivity contribution in [3.05, 3.63) is 42.7 Å². The maximum Gasteiger partial charge on any atom is 0.403 e. The Balaban J connectivity index is 1.78. The highest BCUT2D eigenvalue weighted by Crippen LogP contribution is 2.14. The largest absolute Gasteiger partial charge is 0.403 e. The van der Waals surface area contributed by atoms with Crippen molar-refractivity contribution in [1.29, 1.82) is 0 Å². The molecule has 0 aliphatic rings. The molecule has 0 amide bonds. The van der Waals surface area contributed by atoms with Gasteiger partial charge in [-0.15, -0.1) is 0 Å². The predicted molar refractivity (Wildman–Crippen MR) is 122 cm³/mol. The summed E-state index contributed by atoms with van der Waals surface area (Å²) in [5, 5.41) is 0. The van der Waals surface area contributed by atoms with Crippen LogP contribution in [0.2, 0.25) is 0 Å². The Kier molecular flexibility index (Phi) is 17.2. The summed E-state index contributed by atoms with van der Waals surface area (Å²) in [7, 11) is 0. The molecular weight excluding hydrogens is 358 g/mol. The fourth-order valence-electron chi connectivity index (χ4n) is 3.57. The van der Waals surface area contributed by atoms with Crippen LogP contribution >= 0.6 is 0 Å². The van der Waals surface area contributed by atoms with E-state index in [0.717, 1.165) is 12.8 Å². The van der Waals surface area contributed by atoms with Crippen LogP contribution in [0.1, 0.15) is 116 Å². The van der Waals surface area contributed by atoms with E-state index in [1.165, 1.54) is 107 Å². The van der Waals surface area contributed by atoms with E-state index in [-0.39, 0.29) is 5.97 Å². The molecule has 164 valence electrons. The molecule has 0 aliphatic carbocycles. The number of allylic oxidation sites excluding steroid dienone is 1. The van der Waals surface area contributed by atoms with Crippen LogP contribution in [0.4, 0.5) is 0 Å². The Labute approximate surface area is 179 Å². The average molecular weight is 403 g/mol. The number of nitrogens with zero attached hydrogens (tertiary/aromatic N) is 1. The fourth-order valence-corrected chi connectivity index (χ4v) is 3.57. The second-order valence-corrected chi connectivity index (χ2v) is 8.14. The zero-order valence-corrected chi connectivity index (χ0v) is 18.8. The van der Waals surface area contributed by atoms with Crippen LogP contribution < -0.4 is 9.57 Å². The molecule has 0 atom stereocenters. The van der Waals surface area contributed by atoms with Crippen LogP contribution in [-0.4, -0.2) is 5.97 Å². The van der Waals surface area contributed by atoms with Gasteiger partial charge in [0.05, 0.1) is 0 Å². The summed E-state index contributed by atoms with van der Waals surface area (Å²) >= 11 is 0. The van der Waals surface area contributed by atoms with E-state index < -0.39 is 0 Å². The van der Waals surface area contributed by atoms with Crippen molar-refractivity contribution >= 4 is 5.97 Å². The lowest BCUT2D eigenvalue weighted by atomic mass is 10.0. The highest BCUT2D eigenvalue weighted by Gasteiger charge is 2.05. The van der Waals surface area contributed by atoms with E-state index in [1.54, 1.807) is 12.4 Å². The zero-order valence-electron chi connectivity index (χ0n) is 18.8. The number of carbonyl (C=O) groups excluding carboxylic acids is 1. The first-order valence-electron chi connectivity index (χ1n) is 12.2. The van der Waals surface area contributed by atoms with Crippen molar-refractivity contribution < 1.29 is 14.4 Å². The van der Waals surface area contributed by atoms with Gasteiger partial charge in [0.25, 0.3) is 0 Å². The first-order valence-corrected chi connectivity index (χ1v) is 12.2. The van der Waals surface area contributed by atoms with Crippen LogP contribution in [0.5, 0.6) is 0 Å². The normalized spacial score (nSPS) is 11.2. The summed E-state index contributed by atoms with van der Waals surface area (Å²) in [5.74, 6) is -0.322. The van der Waals surface area contributed by atoms with E-state index >= 15 is 0 Å². The van der Waals surface area contributed by atoms with Gasteiger partial charge in [0, 0.05) is 22.9 Å². The molecule has 0 N–H and O–H groups in total. The molecule has 3 nitrogen and oxygen atoms in total. The van der Waals surface area contributed by atoms with E-state index in [2.05, 4.69) is 6.92 Å². The van der Waals surface area contributed by atoms with Gasteiger partial charge in [0.15, 0.2) is 0 Å². The molecule has 0 unspecified atom stereocenters. The minimum absolute atomic E-state index is 0.322. The van der Waals surface area contributed by atoms with Crippen LogP contribution in [0.25, 0.3) is 0 Å². The van der Waals surface area contributed by atoms with E-state index in [4.69, 9.17) is 4.84 Å². The molecule has 1 rings (SSSR count). The van der Waals surface area contributed by atoms with Crippen LogP contribution in [0, 0.1) is 0 Å². The molecule has 0 bridgehead atoms. The minimum atomic E-state index is -0.322. The van der Waals surface area contributed by atoms with Gasteiger partial charge in [-0.2, -0.15) is 4.84 Å². The molecule has 1 aromatic heterocycles. The van der Waals surface area contributed by atoms with Gasteiger partial charge in [-0.1, -0.05) is 115 Å². The van der Waals surface area contributed by atoms with Crippen molar-refractivity contribution in [2.24, 2.45) is 0 Å². The first-order chi connectivity index (χ1) is 14.3. The van der Waals surface area contributed by atoms with Gasteiger partial charge < -0.3 is 0 Å². The molecule has 0 spiro atoms. The molecule has 0 aromatic carbocycles. The molecule has 0 aliphatic heterocycles. The van der Waals surface area contributed by atoms with Gasteiger partial charge in [0.1, 0.15) is 0 Å². The van der Waals surface area contributed by atoms with Gasteiger partial charge >= 0.3 is 5.97 Å². The third kappa shape index (κ3) is 17.0. The Morgan fingerprint density at radius 1 is 0.690 bits per heavy atom. The molecule has 3 heteroatoms. The number of hydrogen-bond donors (Lipinski definition) is 0. The maximum atomic E-state index is 11.7. The summed E-state index contributed by atoms with van der Waals surface area (Å²) < 4.78 is 1.42. The number of unbranched alkanes of at least 4 members (excludes halogenated alkanes) is 16. The lowest BCUT2D eigenvalue weighted by Gasteiger charge is -2.03. The average Bonchev–Trinajstić information content (AvgIpc) is 2.73. The molecule has 0 saturated heterocycles. The zero-order chi connectivity index (χ0) is 20.8. The van der Waals surface area contributed by atoms with Crippen LogP contribution in [0.3, 0.4) is 0 Å². The topological polar surface area (TPSA) is 30.2 Å². The van der Waals surface area contributed by atoms with Crippen molar-refractivity contribution in [2.75, 3.05) is 0 Å². The first kappa shape index (κ1) is 25.4. The highest BCUT2D eigenvalue weighted by atomic mass is 16.7. The second-order valence-electron chi connectivity index (χ2n) is 8.14. The second kappa shape index (κ2) is 19.7. The number of carbonyl (C=O) groups is 1. The molecule has 0 radical (unpaired) electrons. The Morgan fingerprint density at radius 2 is 1.14 bits per heavy atom. The molecule has 29 heavy (non-hydrogen) atoms. The SMILES string of the molecule is CCCCCCCCCCCCCCCCCCC=CC(=O)O[n+]1ccccc1. The summed E-state index contributed by atoms with van der Waals surface area (Å²) in [4.78, 5) is 16.8. The summed E-state index contributed by atoms with van der Waals surface area (Å²) in [5.41, 5.74) is 0. The quantitative estimate of drug-likeness (QED) is 0.140. The molecule has 0 fully saturated rings. The Bertz CT molecular complexity index is 513. The maximum absolute atomic E-state index is 11.7. The van der Waals surface area contributed by atoms with Crippen molar-refractivity contribution in [3.63, 3.8) is 0 Å². The third-order valence-corrected chi connectivity index (χ3v) is 5.36. The van der Waals surface area contributed by atoms with Crippen molar-refractivity contribution in [3.8, 4) is 0 Å². The molecule has 0 saturated carbocycles. The highest BCUT2D eigenvalue weighted by molar-refractivity contribution is 5.81. The van der Waals surface area contributed by atoms with E-state index in [0.29, 0.717) is 0 Å². The van der Waals surface area contributed by atoms with Gasteiger partial charge in [-0.25, -0.2) is 4.79 Å². The van der Waals surface area contributed by atoms with Gasteiger partial charge in [-0.05, 0) is 12.8 Å². The minimum Gasteiger partial charge on any atom is -0.239 e. The Morgan fingerprint density at radius 3 is 1.62 bits per heavy atom. The summed E-state index contributed by atoms with van der Waals surface area (Å²) in [6, 6.07) is 5.54. The van der Waals surface area contributed by atoms with Crippen LogP contribution in [-0.2, 0) is 4.79 Å². The monoisotopic (exact) mass is 402 g/mol. The number of rotatable bonds is 19. The predicted octanol–water partition coefficient (Wildman–Crippen LogP) is 7.14. The number of hydrogen-bond acceptors (Lipinski definition) is 2. The lowest BCUT2D eigenvalue weighted by Crippen LogP contribution is -2.44.